The molecule has 0 aliphatic carbocycles. The first-order valence-electron chi connectivity index (χ1n) is 8.00. The Kier molecular flexibility index (Phi) is 7.19. The van der Waals surface area contributed by atoms with Gasteiger partial charge in [-0.1, -0.05) is 47.1 Å². The Balaban J connectivity index is 2.36. The molecule has 2 aromatic rings. The molecule has 8 heteroatoms. The molecule has 1 unspecified atom stereocenters. The van der Waals surface area contributed by atoms with Crippen molar-refractivity contribution in [2.24, 2.45) is 5.16 Å². The minimum atomic E-state index is -0.909. The van der Waals surface area contributed by atoms with Crippen LogP contribution in [0.3, 0.4) is 0 Å². The molecule has 0 aromatic heterocycles. The third-order valence-electron chi connectivity index (χ3n) is 3.34. The van der Waals surface area contributed by atoms with Gasteiger partial charge in [-0.05, 0) is 31.2 Å². The monoisotopic (exact) mass is 390 g/mol. The Labute approximate surface area is 162 Å². The molecule has 0 spiro atoms. The van der Waals surface area contributed by atoms with Gasteiger partial charge in [-0.15, -0.1) is 0 Å². The van der Waals surface area contributed by atoms with Crippen LogP contribution in [-0.4, -0.2) is 42.3 Å². The van der Waals surface area contributed by atoms with Crippen molar-refractivity contribution >= 4 is 29.3 Å². The summed E-state index contributed by atoms with van der Waals surface area (Å²) in [6.07, 6.45) is -0.909. The predicted molar refractivity (Wildman–Crippen MR) is 101 cm³/mol. The summed E-state index contributed by atoms with van der Waals surface area (Å²) < 4.78 is 10.7. The summed E-state index contributed by atoms with van der Waals surface area (Å²) in [6.45, 7) is 1.46. The van der Waals surface area contributed by atoms with Gasteiger partial charge in [0.25, 0.3) is 5.91 Å². The number of benzene rings is 2. The largest absolute Gasteiger partial charge is 0.457 e. The van der Waals surface area contributed by atoms with E-state index in [0.29, 0.717) is 17.1 Å². The lowest BCUT2D eigenvalue weighted by atomic mass is 10.1. The first-order valence-corrected chi connectivity index (χ1v) is 8.44. The van der Waals surface area contributed by atoms with Crippen molar-refractivity contribution in [2.45, 2.75) is 12.5 Å². The van der Waals surface area contributed by atoms with Gasteiger partial charge < -0.3 is 14.3 Å². The van der Waals surface area contributed by atoms with Crippen LogP contribution in [0, 0.1) is 0 Å². The molecule has 0 bridgehead atoms. The van der Waals surface area contributed by atoms with E-state index in [2.05, 4.69) is 5.16 Å². The smallest absolute Gasteiger partial charge is 0.418 e. The highest BCUT2D eigenvalue weighted by Gasteiger charge is 2.28. The third-order valence-corrected chi connectivity index (χ3v) is 3.43. The van der Waals surface area contributed by atoms with Crippen LogP contribution in [0.5, 0.6) is 11.5 Å². The van der Waals surface area contributed by atoms with E-state index in [4.69, 9.17) is 25.9 Å². The zero-order valence-corrected chi connectivity index (χ0v) is 15.8. The molecule has 2 amide bonds. The average Bonchev–Trinajstić information content (AvgIpc) is 2.66. The zero-order chi connectivity index (χ0) is 19.8. The molecule has 0 N–H and O–H groups in total. The Morgan fingerprint density at radius 3 is 2.33 bits per heavy atom. The lowest BCUT2D eigenvalue weighted by molar-refractivity contribution is -0.121. The molecule has 0 saturated carbocycles. The van der Waals surface area contributed by atoms with Crippen molar-refractivity contribution in [3.63, 3.8) is 0 Å². The van der Waals surface area contributed by atoms with Crippen molar-refractivity contribution in [3.05, 3.63) is 60.2 Å². The highest BCUT2D eigenvalue weighted by Crippen LogP contribution is 2.26. The Hall–Kier alpha value is -3.06. The Morgan fingerprint density at radius 1 is 1.07 bits per heavy atom. The van der Waals surface area contributed by atoms with Crippen molar-refractivity contribution in [1.82, 2.24) is 4.90 Å². The average molecular weight is 391 g/mol. The summed E-state index contributed by atoms with van der Waals surface area (Å²) in [5.74, 6) is 0.224. The van der Waals surface area contributed by atoms with E-state index in [0.717, 1.165) is 4.90 Å². The molecule has 0 heterocycles. The summed E-state index contributed by atoms with van der Waals surface area (Å²) in [7, 11) is 2.56. The number of amides is 2. The van der Waals surface area contributed by atoms with Crippen LogP contribution in [0.25, 0.3) is 0 Å². The van der Waals surface area contributed by atoms with Crippen LogP contribution in [0.2, 0.25) is 0 Å². The number of oxime groups is 1. The molecule has 142 valence electrons. The van der Waals surface area contributed by atoms with Gasteiger partial charge in [0.15, 0.2) is 11.3 Å². The zero-order valence-electron chi connectivity index (χ0n) is 15.1. The summed E-state index contributed by atoms with van der Waals surface area (Å²) in [5, 5.41) is 3.78. The first-order chi connectivity index (χ1) is 12.9. The standard InChI is InChI=1S/C19H19ClN2O5/c1-13(20)26-19(24)22(2)18(23)17(21-25-3)15-11-7-8-12-16(15)27-14-9-5-4-6-10-14/h4-13H,1-3H3. The van der Waals surface area contributed by atoms with Crippen LogP contribution in [-0.2, 0) is 14.4 Å². The molecule has 2 aromatic carbocycles. The van der Waals surface area contributed by atoms with Gasteiger partial charge in [0, 0.05) is 7.05 Å². The fourth-order valence-electron chi connectivity index (χ4n) is 2.12. The molecule has 0 aliphatic rings. The maximum absolute atomic E-state index is 12.8. The second-order valence-corrected chi connectivity index (χ2v) is 5.94. The van der Waals surface area contributed by atoms with Gasteiger partial charge in [0.05, 0.1) is 5.56 Å². The number of carbonyl (C=O) groups excluding carboxylic acids is 2. The maximum Gasteiger partial charge on any atom is 0.418 e. The SMILES string of the molecule is CON=C(C(=O)N(C)C(=O)OC(C)Cl)c1ccccc1Oc1ccccc1. The number of ether oxygens (including phenoxy) is 2. The molecule has 1 atom stereocenters. The van der Waals surface area contributed by atoms with Crippen molar-refractivity contribution in [1.29, 1.82) is 0 Å². The molecule has 0 saturated heterocycles. The molecule has 27 heavy (non-hydrogen) atoms. The van der Waals surface area contributed by atoms with Gasteiger partial charge in [0.1, 0.15) is 18.6 Å². The van der Waals surface area contributed by atoms with Crippen LogP contribution in [0.4, 0.5) is 4.79 Å². The molecule has 7 nitrogen and oxygen atoms in total. The molecule has 2 rings (SSSR count). The molecule has 0 fully saturated rings. The summed E-state index contributed by atoms with van der Waals surface area (Å²) >= 11 is 5.64. The van der Waals surface area contributed by atoms with Gasteiger partial charge >= 0.3 is 6.09 Å². The van der Waals surface area contributed by atoms with Crippen LogP contribution in [0.1, 0.15) is 12.5 Å². The number of hydrogen-bond donors (Lipinski definition) is 0. The number of rotatable bonds is 6. The van der Waals surface area contributed by atoms with E-state index >= 15 is 0 Å². The number of imide groups is 1. The lowest BCUT2D eigenvalue weighted by Gasteiger charge is -2.18. The normalized spacial score (nSPS) is 12.1. The minimum absolute atomic E-state index is 0.120. The fraction of sp³-hybridized carbons (Fsp3) is 0.211. The summed E-state index contributed by atoms with van der Waals surface area (Å²) in [4.78, 5) is 30.3. The van der Waals surface area contributed by atoms with E-state index < -0.39 is 17.6 Å². The number of halogens is 1. The highest BCUT2D eigenvalue weighted by molar-refractivity contribution is 6.47. The van der Waals surface area contributed by atoms with Gasteiger partial charge in [0.2, 0.25) is 0 Å². The topological polar surface area (TPSA) is 77.4 Å². The van der Waals surface area contributed by atoms with E-state index in [-0.39, 0.29) is 5.71 Å². The molecular formula is C19H19ClN2O5. The lowest BCUT2D eigenvalue weighted by Crippen LogP contribution is -2.39. The van der Waals surface area contributed by atoms with Crippen molar-refractivity contribution in [2.75, 3.05) is 14.2 Å². The molecule has 0 radical (unpaired) electrons. The second-order valence-electron chi connectivity index (χ2n) is 5.32. The Morgan fingerprint density at radius 2 is 1.70 bits per heavy atom. The number of likely N-dealkylation sites (N-methyl/N-ethyl adjacent to an activating group) is 1. The summed E-state index contributed by atoms with van der Waals surface area (Å²) in [5.41, 5.74) is -0.651. The minimum Gasteiger partial charge on any atom is -0.457 e. The quantitative estimate of drug-likeness (QED) is 0.423. The van der Waals surface area contributed by atoms with Gasteiger partial charge in [-0.2, -0.15) is 0 Å². The van der Waals surface area contributed by atoms with Crippen LogP contribution < -0.4 is 4.74 Å². The number of carbonyl (C=O) groups is 2. The molecular weight excluding hydrogens is 372 g/mol. The molecule has 0 aliphatic heterocycles. The third kappa shape index (κ3) is 5.46. The number of hydrogen-bond acceptors (Lipinski definition) is 6. The van der Waals surface area contributed by atoms with Crippen LogP contribution >= 0.6 is 11.6 Å². The highest BCUT2D eigenvalue weighted by atomic mass is 35.5. The van der Waals surface area contributed by atoms with Gasteiger partial charge in [-0.25, -0.2) is 9.69 Å². The summed E-state index contributed by atoms with van der Waals surface area (Å²) in [6, 6.07) is 15.8. The second kappa shape index (κ2) is 9.59. The maximum atomic E-state index is 12.8. The Bertz CT molecular complexity index is 824. The van der Waals surface area contributed by atoms with Crippen molar-refractivity contribution in [3.8, 4) is 11.5 Å². The number of alkyl halides is 1. The van der Waals surface area contributed by atoms with Crippen molar-refractivity contribution < 1.29 is 23.9 Å². The fourth-order valence-corrected chi connectivity index (χ4v) is 2.20. The number of para-hydroxylation sites is 2. The van der Waals surface area contributed by atoms with Gasteiger partial charge in [-0.3, -0.25) is 4.79 Å². The first kappa shape index (κ1) is 20.3. The predicted octanol–water partition coefficient (Wildman–Crippen LogP) is 4.01. The van der Waals surface area contributed by atoms with E-state index in [9.17, 15) is 9.59 Å². The van der Waals surface area contributed by atoms with E-state index in [1.807, 2.05) is 18.2 Å². The number of nitrogens with zero attached hydrogens (tertiary/aromatic N) is 2. The van der Waals surface area contributed by atoms with Crippen LogP contribution in [0.15, 0.2) is 59.8 Å². The van der Waals surface area contributed by atoms with E-state index in [1.54, 1.807) is 36.4 Å². The van der Waals surface area contributed by atoms with E-state index in [1.165, 1.54) is 21.1 Å².